The molecule has 0 atom stereocenters. The van der Waals surface area contributed by atoms with Gasteiger partial charge in [-0.05, 0) is 24.3 Å². The smallest absolute Gasteiger partial charge is 0.337 e. The highest BCUT2D eigenvalue weighted by Crippen LogP contribution is 2.33. The largest absolute Gasteiger partial charge is 0.465 e. The van der Waals surface area contributed by atoms with Crippen molar-refractivity contribution in [3.05, 3.63) is 47.0 Å². The number of carbonyl (C=O) groups is 3. The minimum Gasteiger partial charge on any atom is -0.465 e. The summed E-state index contributed by atoms with van der Waals surface area (Å²) in [7, 11) is 1.32. The zero-order valence-electron chi connectivity index (χ0n) is 11.5. The van der Waals surface area contributed by atoms with Crippen molar-refractivity contribution in [2.24, 2.45) is 0 Å². The zero-order valence-corrected chi connectivity index (χ0v) is 11.5. The molecule has 4 rings (SSSR count). The van der Waals surface area contributed by atoms with Gasteiger partial charge in [0.25, 0.3) is 11.8 Å². The van der Waals surface area contributed by atoms with Gasteiger partial charge >= 0.3 is 5.97 Å². The van der Waals surface area contributed by atoms with E-state index in [2.05, 4.69) is 10.3 Å². The Morgan fingerprint density at radius 1 is 1.05 bits per heavy atom. The van der Waals surface area contributed by atoms with Gasteiger partial charge < -0.3 is 9.72 Å². The fourth-order valence-electron chi connectivity index (χ4n) is 2.90. The molecule has 0 aliphatic carbocycles. The average molecular weight is 294 g/mol. The molecular formula is C16H10N2O4. The topological polar surface area (TPSA) is 88.3 Å². The third kappa shape index (κ3) is 1.52. The third-order valence-electron chi connectivity index (χ3n) is 3.88. The van der Waals surface area contributed by atoms with Gasteiger partial charge in [-0.15, -0.1) is 0 Å². The molecule has 3 aromatic rings. The molecule has 1 aliphatic heterocycles. The van der Waals surface area contributed by atoms with Gasteiger partial charge in [0.15, 0.2) is 0 Å². The Balaban J connectivity index is 2.08. The molecule has 2 N–H and O–H groups in total. The Bertz CT molecular complexity index is 1000. The van der Waals surface area contributed by atoms with Crippen LogP contribution in [0.2, 0.25) is 0 Å². The number of methoxy groups -OCH3 is 1. The summed E-state index contributed by atoms with van der Waals surface area (Å²) in [6, 6.07) is 8.42. The number of imide groups is 1. The maximum absolute atomic E-state index is 12.0. The first kappa shape index (κ1) is 12.6. The molecule has 6 heteroatoms. The number of fused-ring (bicyclic) bond motifs is 5. The van der Waals surface area contributed by atoms with E-state index < -0.39 is 11.9 Å². The fraction of sp³-hybridized carbons (Fsp3) is 0.0625. The number of benzene rings is 2. The molecule has 1 aliphatic rings. The highest BCUT2D eigenvalue weighted by molar-refractivity contribution is 6.30. The van der Waals surface area contributed by atoms with E-state index in [1.54, 1.807) is 30.3 Å². The van der Waals surface area contributed by atoms with Crippen molar-refractivity contribution in [2.75, 3.05) is 7.11 Å². The predicted octanol–water partition coefficient (Wildman–Crippen LogP) is 1.99. The van der Waals surface area contributed by atoms with Gasteiger partial charge in [0.05, 0.1) is 23.8 Å². The summed E-state index contributed by atoms with van der Waals surface area (Å²) < 4.78 is 4.70. The normalized spacial score (nSPS) is 13.5. The molecule has 0 spiro atoms. The van der Waals surface area contributed by atoms with Gasteiger partial charge in [0.2, 0.25) is 0 Å². The maximum atomic E-state index is 12.0. The molecule has 0 unspecified atom stereocenters. The lowest BCUT2D eigenvalue weighted by atomic mass is 10.0. The predicted molar refractivity (Wildman–Crippen MR) is 78.9 cm³/mol. The van der Waals surface area contributed by atoms with E-state index in [1.807, 2.05) is 0 Å². The van der Waals surface area contributed by atoms with Crippen LogP contribution in [0.25, 0.3) is 21.8 Å². The summed E-state index contributed by atoms with van der Waals surface area (Å²) in [6.07, 6.45) is 0. The quantitative estimate of drug-likeness (QED) is 0.530. The minimum atomic E-state index is -0.432. The van der Waals surface area contributed by atoms with Gasteiger partial charge in [-0.2, -0.15) is 0 Å². The van der Waals surface area contributed by atoms with Gasteiger partial charge in [0, 0.05) is 21.8 Å². The van der Waals surface area contributed by atoms with E-state index >= 15 is 0 Å². The van der Waals surface area contributed by atoms with Crippen LogP contribution in [0.3, 0.4) is 0 Å². The van der Waals surface area contributed by atoms with Crippen molar-refractivity contribution < 1.29 is 19.1 Å². The monoisotopic (exact) mass is 294 g/mol. The molecule has 1 aromatic heterocycles. The van der Waals surface area contributed by atoms with Gasteiger partial charge in [-0.1, -0.05) is 6.07 Å². The number of ether oxygens (including phenoxy) is 1. The Kier molecular flexibility index (Phi) is 2.39. The highest BCUT2D eigenvalue weighted by atomic mass is 16.5. The summed E-state index contributed by atoms with van der Waals surface area (Å²) in [5.41, 5.74) is 2.60. The van der Waals surface area contributed by atoms with Crippen molar-refractivity contribution in [3.8, 4) is 0 Å². The molecule has 0 radical (unpaired) electrons. The van der Waals surface area contributed by atoms with E-state index in [0.29, 0.717) is 27.6 Å². The van der Waals surface area contributed by atoms with Gasteiger partial charge in [-0.3, -0.25) is 14.9 Å². The summed E-state index contributed by atoms with van der Waals surface area (Å²) in [6.45, 7) is 0. The number of hydrogen-bond donors (Lipinski definition) is 2. The number of esters is 1. The number of aromatic nitrogens is 1. The van der Waals surface area contributed by atoms with E-state index in [0.717, 1.165) is 10.9 Å². The van der Waals surface area contributed by atoms with Crippen LogP contribution in [0, 0.1) is 0 Å². The maximum Gasteiger partial charge on any atom is 0.337 e. The van der Waals surface area contributed by atoms with Crippen LogP contribution in [-0.2, 0) is 4.74 Å². The number of amides is 2. The van der Waals surface area contributed by atoms with E-state index in [-0.39, 0.29) is 5.91 Å². The second-order valence-electron chi connectivity index (χ2n) is 5.07. The molecule has 2 amide bonds. The Morgan fingerprint density at radius 2 is 1.86 bits per heavy atom. The van der Waals surface area contributed by atoms with E-state index in [9.17, 15) is 14.4 Å². The zero-order chi connectivity index (χ0) is 15.4. The van der Waals surface area contributed by atoms with E-state index in [1.165, 1.54) is 7.11 Å². The van der Waals surface area contributed by atoms with Crippen LogP contribution >= 0.6 is 0 Å². The number of rotatable bonds is 1. The van der Waals surface area contributed by atoms with Crippen LogP contribution in [0.1, 0.15) is 31.1 Å². The Hall–Kier alpha value is -3.15. The summed E-state index contributed by atoms with van der Waals surface area (Å²) in [4.78, 5) is 38.6. The lowest BCUT2D eigenvalue weighted by Crippen LogP contribution is -2.19. The van der Waals surface area contributed by atoms with Crippen molar-refractivity contribution in [1.29, 1.82) is 0 Å². The second kappa shape index (κ2) is 4.17. The van der Waals surface area contributed by atoms with Crippen LogP contribution < -0.4 is 5.32 Å². The highest BCUT2D eigenvalue weighted by Gasteiger charge is 2.30. The molecule has 108 valence electrons. The number of hydrogen-bond acceptors (Lipinski definition) is 4. The summed E-state index contributed by atoms with van der Waals surface area (Å²) in [5.74, 6) is -1.22. The first-order chi connectivity index (χ1) is 10.6. The van der Waals surface area contributed by atoms with Crippen LogP contribution in [0.15, 0.2) is 30.3 Å². The average Bonchev–Trinajstić information content (AvgIpc) is 3.03. The third-order valence-corrected chi connectivity index (χ3v) is 3.88. The molecule has 0 saturated carbocycles. The van der Waals surface area contributed by atoms with Gasteiger partial charge in [-0.25, -0.2) is 4.79 Å². The number of H-pyrrole nitrogens is 1. The Labute approximate surface area is 124 Å². The molecule has 6 nitrogen and oxygen atoms in total. The molecular weight excluding hydrogens is 284 g/mol. The first-order valence-corrected chi connectivity index (χ1v) is 6.62. The fourth-order valence-corrected chi connectivity index (χ4v) is 2.90. The molecule has 0 fully saturated rings. The van der Waals surface area contributed by atoms with Gasteiger partial charge in [0.1, 0.15) is 0 Å². The molecule has 2 aromatic carbocycles. The molecule has 2 heterocycles. The molecule has 22 heavy (non-hydrogen) atoms. The Morgan fingerprint density at radius 3 is 2.64 bits per heavy atom. The summed E-state index contributed by atoms with van der Waals surface area (Å²) >= 11 is 0. The van der Waals surface area contributed by atoms with Crippen LogP contribution in [-0.4, -0.2) is 29.9 Å². The van der Waals surface area contributed by atoms with E-state index in [4.69, 9.17) is 4.74 Å². The number of nitrogens with one attached hydrogen (secondary N) is 2. The standard InChI is InChI=1S/C16H10N2O4/c1-22-16(21)7-2-3-8-11(6-7)17-10-5-4-9-13(12(8)10)15(20)18-14(9)19/h2-6,17H,1H3,(H,18,19,20). The lowest BCUT2D eigenvalue weighted by Gasteiger charge is -2.00. The van der Waals surface area contributed by atoms with Crippen LogP contribution in [0.5, 0.6) is 0 Å². The van der Waals surface area contributed by atoms with Crippen molar-refractivity contribution in [2.45, 2.75) is 0 Å². The van der Waals surface area contributed by atoms with Crippen molar-refractivity contribution in [1.82, 2.24) is 10.3 Å². The minimum absolute atomic E-state index is 0.371. The van der Waals surface area contributed by atoms with Crippen molar-refractivity contribution in [3.63, 3.8) is 0 Å². The SMILES string of the molecule is COC(=O)c1ccc2c(c1)[nH]c1ccc3c(c12)C(=O)NC3=O. The van der Waals surface area contributed by atoms with Crippen molar-refractivity contribution >= 4 is 39.6 Å². The molecule has 0 saturated heterocycles. The number of aromatic amines is 1. The second-order valence-corrected chi connectivity index (χ2v) is 5.07. The van der Waals surface area contributed by atoms with Crippen LogP contribution in [0.4, 0.5) is 0 Å². The first-order valence-electron chi connectivity index (χ1n) is 6.62. The summed E-state index contributed by atoms with van der Waals surface area (Å²) in [5, 5.41) is 3.77. The lowest BCUT2D eigenvalue weighted by molar-refractivity contribution is 0.0600. The molecule has 0 bridgehead atoms. The number of carbonyl (C=O) groups excluding carboxylic acids is 3.